The Bertz CT molecular complexity index is 179. The number of nitrogens with zero attached hydrogens (tertiary/aromatic N) is 1. The van der Waals surface area contributed by atoms with Gasteiger partial charge < -0.3 is 0 Å². The molecule has 0 amide bonds. The minimum absolute atomic E-state index is 0.623. The van der Waals surface area contributed by atoms with Crippen LogP contribution in [-0.4, -0.2) is 22.1 Å². The third kappa shape index (κ3) is 2.41. The molecule has 1 saturated carbocycles. The summed E-state index contributed by atoms with van der Waals surface area (Å²) in [5, 5.41) is 11.8. The summed E-state index contributed by atoms with van der Waals surface area (Å²) in [4.78, 5) is 0. The van der Waals surface area contributed by atoms with Crippen molar-refractivity contribution >= 4 is 12.2 Å². The summed E-state index contributed by atoms with van der Waals surface area (Å²) in [6.45, 7) is 1.04. The third-order valence-corrected chi connectivity index (χ3v) is 4.12. The normalized spacial score (nSPS) is 34.1. The van der Waals surface area contributed by atoms with Crippen LogP contribution in [0.5, 0.6) is 0 Å². The number of rotatable bonds is 3. The zero-order chi connectivity index (χ0) is 9.80. The second kappa shape index (κ2) is 5.32. The second-order valence-corrected chi connectivity index (χ2v) is 4.87. The Morgan fingerprint density at radius 3 is 2.79 bits per heavy atom. The highest BCUT2D eigenvalue weighted by Gasteiger charge is 2.34. The monoisotopic (exact) mass is 219 g/mol. The zero-order valence-corrected chi connectivity index (χ0v) is 9.04. The van der Waals surface area contributed by atoms with Gasteiger partial charge in [-0.2, -0.15) is 0 Å². The van der Waals surface area contributed by atoms with Crippen LogP contribution in [-0.2, 0) is 9.37 Å². The van der Waals surface area contributed by atoms with Crippen molar-refractivity contribution in [3.05, 3.63) is 0 Å². The van der Waals surface area contributed by atoms with Gasteiger partial charge in [0.2, 0.25) is 0 Å². The van der Waals surface area contributed by atoms with E-state index in [0.29, 0.717) is 6.04 Å². The summed E-state index contributed by atoms with van der Waals surface area (Å²) in [7, 11) is 0. The van der Waals surface area contributed by atoms with Gasteiger partial charge in [0.1, 0.15) is 12.2 Å². The lowest BCUT2D eigenvalue weighted by Gasteiger charge is -2.41. The SMILES string of the molecule is OOOSN1CCCC2CCCCC21. The largest absolute Gasteiger partial charge is 0.221 e. The zero-order valence-electron chi connectivity index (χ0n) is 8.22. The van der Waals surface area contributed by atoms with Crippen molar-refractivity contribution in [2.75, 3.05) is 6.54 Å². The lowest BCUT2D eigenvalue weighted by Crippen LogP contribution is -2.42. The van der Waals surface area contributed by atoms with E-state index in [1.54, 1.807) is 0 Å². The fraction of sp³-hybridized carbons (Fsp3) is 1.00. The molecule has 2 aliphatic rings. The summed E-state index contributed by atoms with van der Waals surface area (Å²) in [6, 6.07) is 0.623. The number of fused-ring (bicyclic) bond motifs is 1. The van der Waals surface area contributed by atoms with Crippen LogP contribution in [0.3, 0.4) is 0 Å². The summed E-state index contributed by atoms with van der Waals surface area (Å²) in [6.07, 6.45) is 7.87. The number of piperidine rings is 1. The molecular weight excluding hydrogens is 202 g/mol. The van der Waals surface area contributed by atoms with Crippen LogP contribution < -0.4 is 0 Å². The van der Waals surface area contributed by atoms with Crippen LogP contribution in [0.2, 0.25) is 0 Å². The Hall–Kier alpha value is 0.190. The summed E-state index contributed by atoms with van der Waals surface area (Å²) >= 11 is 1.14. The molecule has 2 unspecified atom stereocenters. The first-order chi connectivity index (χ1) is 6.92. The first kappa shape index (κ1) is 10.7. The fourth-order valence-corrected chi connectivity index (χ4v) is 3.42. The molecule has 4 nitrogen and oxygen atoms in total. The topological polar surface area (TPSA) is 41.9 Å². The van der Waals surface area contributed by atoms with Gasteiger partial charge in [-0.05, 0) is 31.6 Å². The molecule has 1 aliphatic heterocycles. The number of hydrogen-bond donors (Lipinski definition) is 1. The Kier molecular flexibility index (Phi) is 4.07. The first-order valence-corrected chi connectivity index (χ1v) is 6.03. The minimum atomic E-state index is 0.623. The molecule has 0 aromatic rings. The first-order valence-electron chi connectivity index (χ1n) is 5.33. The van der Waals surface area contributed by atoms with E-state index in [2.05, 4.69) is 13.7 Å². The van der Waals surface area contributed by atoms with E-state index in [4.69, 9.17) is 5.26 Å². The fourth-order valence-electron chi connectivity index (χ4n) is 2.72. The maximum atomic E-state index is 8.12. The van der Waals surface area contributed by atoms with Crippen LogP contribution >= 0.6 is 12.2 Å². The highest BCUT2D eigenvalue weighted by molar-refractivity contribution is 7.92. The molecule has 1 N–H and O–H groups in total. The van der Waals surface area contributed by atoms with Crippen molar-refractivity contribution in [2.45, 2.75) is 44.6 Å². The highest BCUT2D eigenvalue weighted by atomic mass is 32.2. The Labute approximate surface area is 88.8 Å². The predicted molar refractivity (Wildman–Crippen MR) is 54.1 cm³/mol. The quantitative estimate of drug-likeness (QED) is 0.342. The van der Waals surface area contributed by atoms with Gasteiger partial charge in [0.05, 0.1) is 0 Å². The maximum absolute atomic E-state index is 8.12. The Morgan fingerprint density at radius 2 is 1.93 bits per heavy atom. The Balaban J connectivity index is 1.88. The molecule has 1 saturated heterocycles. The van der Waals surface area contributed by atoms with E-state index in [-0.39, 0.29) is 0 Å². The van der Waals surface area contributed by atoms with Gasteiger partial charge in [0, 0.05) is 12.6 Å². The van der Waals surface area contributed by atoms with Crippen molar-refractivity contribution in [3.63, 3.8) is 0 Å². The molecule has 1 heterocycles. The summed E-state index contributed by atoms with van der Waals surface area (Å²) < 4.78 is 6.73. The van der Waals surface area contributed by atoms with Crippen LogP contribution in [0.4, 0.5) is 0 Å². The molecule has 14 heavy (non-hydrogen) atoms. The van der Waals surface area contributed by atoms with Crippen molar-refractivity contribution < 1.29 is 14.6 Å². The van der Waals surface area contributed by atoms with E-state index in [1.165, 1.54) is 38.5 Å². The van der Waals surface area contributed by atoms with Gasteiger partial charge in [0.25, 0.3) is 0 Å². The van der Waals surface area contributed by atoms with E-state index >= 15 is 0 Å². The third-order valence-electron chi connectivity index (χ3n) is 3.35. The van der Waals surface area contributed by atoms with Crippen LogP contribution in [0.15, 0.2) is 0 Å². The molecule has 2 rings (SSSR count). The molecule has 0 spiro atoms. The van der Waals surface area contributed by atoms with Gasteiger partial charge in [-0.1, -0.05) is 17.9 Å². The molecule has 5 heteroatoms. The smallest absolute Gasteiger partial charge is 0.124 e. The molecule has 0 bridgehead atoms. The molecule has 1 aliphatic carbocycles. The van der Waals surface area contributed by atoms with Gasteiger partial charge in [-0.25, -0.2) is 9.56 Å². The average Bonchev–Trinajstić information content (AvgIpc) is 2.26. The molecule has 0 radical (unpaired) electrons. The van der Waals surface area contributed by atoms with E-state index in [0.717, 1.165) is 24.7 Å². The minimum Gasteiger partial charge on any atom is -0.221 e. The van der Waals surface area contributed by atoms with Crippen molar-refractivity contribution in [1.82, 2.24) is 4.31 Å². The van der Waals surface area contributed by atoms with Crippen molar-refractivity contribution in [3.8, 4) is 0 Å². The maximum Gasteiger partial charge on any atom is 0.124 e. The average molecular weight is 219 g/mol. The van der Waals surface area contributed by atoms with E-state index < -0.39 is 0 Å². The van der Waals surface area contributed by atoms with E-state index in [1.807, 2.05) is 0 Å². The molecular formula is C9H17NO3S. The summed E-state index contributed by atoms with van der Waals surface area (Å²) in [5.74, 6) is 0.826. The molecule has 2 fully saturated rings. The van der Waals surface area contributed by atoms with Crippen molar-refractivity contribution in [2.24, 2.45) is 5.92 Å². The van der Waals surface area contributed by atoms with Crippen LogP contribution in [0.25, 0.3) is 0 Å². The highest BCUT2D eigenvalue weighted by Crippen LogP contribution is 2.38. The lowest BCUT2D eigenvalue weighted by molar-refractivity contribution is -0.433. The van der Waals surface area contributed by atoms with Crippen LogP contribution in [0, 0.1) is 5.92 Å². The van der Waals surface area contributed by atoms with E-state index in [9.17, 15) is 0 Å². The van der Waals surface area contributed by atoms with Gasteiger partial charge in [-0.15, -0.1) is 4.33 Å². The summed E-state index contributed by atoms with van der Waals surface area (Å²) in [5.41, 5.74) is 0. The molecule has 0 aromatic carbocycles. The standard InChI is InChI=1S/C9H17NO3S/c11-12-13-14-10-7-3-5-8-4-1-2-6-9(8)10/h8-9,11H,1-7H2. The van der Waals surface area contributed by atoms with Gasteiger partial charge in [-0.3, -0.25) is 0 Å². The van der Waals surface area contributed by atoms with Crippen molar-refractivity contribution in [1.29, 1.82) is 0 Å². The lowest BCUT2D eigenvalue weighted by atomic mass is 9.79. The van der Waals surface area contributed by atoms with Gasteiger partial charge in [0.15, 0.2) is 0 Å². The second-order valence-electron chi connectivity index (χ2n) is 4.11. The molecule has 82 valence electrons. The Morgan fingerprint density at radius 1 is 1.14 bits per heavy atom. The number of hydrogen-bond acceptors (Lipinski definition) is 5. The van der Waals surface area contributed by atoms with Crippen LogP contribution in [0.1, 0.15) is 38.5 Å². The molecule has 2 atom stereocenters. The van der Waals surface area contributed by atoms with Gasteiger partial charge >= 0.3 is 0 Å². The predicted octanol–water partition coefficient (Wildman–Crippen LogP) is 2.63. The molecule has 0 aromatic heterocycles.